The van der Waals surface area contributed by atoms with Crippen LogP contribution in [0.4, 0.5) is 0 Å². The summed E-state index contributed by atoms with van der Waals surface area (Å²) in [6, 6.07) is 0. The predicted octanol–water partition coefficient (Wildman–Crippen LogP) is 1.06. The van der Waals surface area contributed by atoms with E-state index in [1.165, 1.54) is 6.92 Å². The lowest BCUT2D eigenvalue weighted by atomic mass is 10.1. The molecule has 0 aliphatic rings. The molecule has 15 heavy (non-hydrogen) atoms. The zero-order valence-electron chi connectivity index (χ0n) is 9.93. The van der Waals surface area contributed by atoms with E-state index in [1.54, 1.807) is 0 Å². The number of amides is 2. The third-order valence-electron chi connectivity index (χ3n) is 2.20. The van der Waals surface area contributed by atoms with Crippen LogP contribution in [0.1, 0.15) is 40.0 Å². The van der Waals surface area contributed by atoms with Gasteiger partial charge in [-0.25, -0.2) is 0 Å². The Morgan fingerprint density at radius 1 is 1.20 bits per heavy atom. The van der Waals surface area contributed by atoms with Gasteiger partial charge in [-0.2, -0.15) is 0 Å². The van der Waals surface area contributed by atoms with Gasteiger partial charge in [0.15, 0.2) is 0 Å². The molecular weight excluding hydrogens is 192 g/mol. The summed E-state index contributed by atoms with van der Waals surface area (Å²) in [6.07, 6.45) is 2.74. The van der Waals surface area contributed by atoms with Crippen LogP contribution in [0.3, 0.4) is 0 Å². The Labute approximate surface area is 91.8 Å². The molecule has 0 aromatic rings. The minimum absolute atomic E-state index is 0.0272. The lowest BCUT2D eigenvalue weighted by Crippen LogP contribution is -2.32. The maximum atomic E-state index is 11.4. The summed E-state index contributed by atoms with van der Waals surface area (Å²) in [5.41, 5.74) is 0. The summed E-state index contributed by atoms with van der Waals surface area (Å²) in [4.78, 5) is 22.0. The van der Waals surface area contributed by atoms with Crippen molar-refractivity contribution in [1.29, 1.82) is 0 Å². The van der Waals surface area contributed by atoms with Crippen molar-refractivity contribution < 1.29 is 9.59 Å². The molecule has 0 aromatic heterocycles. The first-order chi connectivity index (χ1) is 7.07. The van der Waals surface area contributed by atoms with Crippen molar-refractivity contribution in [2.75, 3.05) is 13.1 Å². The molecule has 0 radical (unpaired) electrons. The molecule has 0 rings (SSSR count). The highest BCUT2D eigenvalue weighted by molar-refractivity contribution is 5.78. The van der Waals surface area contributed by atoms with Crippen LogP contribution in [0.2, 0.25) is 0 Å². The SMILES string of the molecule is CCCC(C)C(=O)NCCCNC(C)=O. The zero-order valence-corrected chi connectivity index (χ0v) is 9.93. The third-order valence-corrected chi connectivity index (χ3v) is 2.20. The molecule has 88 valence electrons. The van der Waals surface area contributed by atoms with Crippen LogP contribution in [0.25, 0.3) is 0 Å². The van der Waals surface area contributed by atoms with Gasteiger partial charge in [-0.3, -0.25) is 9.59 Å². The van der Waals surface area contributed by atoms with E-state index in [4.69, 9.17) is 0 Å². The molecule has 4 heteroatoms. The molecule has 0 spiro atoms. The van der Waals surface area contributed by atoms with Crippen molar-refractivity contribution in [2.24, 2.45) is 5.92 Å². The van der Waals surface area contributed by atoms with Crippen LogP contribution in [0.5, 0.6) is 0 Å². The fourth-order valence-electron chi connectivity index (χ4n) is 1.30. The van der Waals surface area contributed by atoms with Gasteiger partial charge in [-0.15, -0.1) is 0 Å². The van der Waals surface area contributed by atoms with Gasteiger partial charge in [-0.05, 0) is 12.8 Å². The second-order valence-corrected chi connectivity index (χ2v) is 3.82. The molecule has 0 fully saturated rings. The third kappa shape index (κ3) is 7.97. The largest absolute Gasteiger partial charge is 0.356 e. The summed E-state index contributed by atoms with van der Waals surface area (Å²) in [5, 5.41) is 5.53. The van der Waals surface area contributed by atoms with Crippen molar-refractivity contribution in [2.45, 2.75) is 40.0 Å². The first-order valence-corrected chi connectivity index (χ1v) is 5.60. The van der Waals surface area contributed by atoms with E-state index in [0.717, 1.165) is 19.3 Å². The fourth-order valence-corrected chi connectivity index (χ4v) is 1.30. The van der Waals surface area contributed by atoms with Crippen molar-refractivity contribution in [3.8, 4) is 0 Å². The van der Waals surface area contributed by atoms with Gasteiger partial charge in [0.05, 0.1) is 0 Å². The second kappa shape index (κ2) is 8.26. The van der Waals surface area contributed by atoms with E-state index in [-0.39, 0.29) is 17.7 Å². The van der Waals surface area contributed by atoms with Crippen LogP contribution in [-0.4, -0.2) is 24.9 Å². The first kappa shape index (κ1) is 13.9. The summed E-state index contributed by atoms with van der Waals surface area (Å²) < 4.78 is 0. The summed E-state index contributed by atoms with van der Waals surface area (Å²) in [5.74, 6) is 0.177. The molecular formula is C11H22N2O2. The molecule has 0 aliphatic carbocycles. The number of carbonyl (C=O) groups excluding carboxylic acids is 2. The number of rotatable bonds is 7. The molecule has 0 saturated carbocycles. The molecule has 0 heterocycles. The molecule has 1 unspecified atom stereocenters. The van der Waals surface area contributed by atoms with E-state index < -0.39 is 0 Å². The van der Waals surface area contributed by atoms with Gasteiger partial charge in [0.25, 0.3) is 0 Å². The Morgan fingerprint density at radius 3 is 2.33 bits per heavy atom. The number of nitrogens with one attached hydrogen (secondary N) is 2. The van der Waals surface area contributed by atoms with Crippen molar-refractivity contribution in [1.82, 2.24) is 10.6 Å². The maximum Gasteiger partial charge on any atom is 0.222 e. The summed E-state index contributed by atoms with van der Waals surface area (Å²) in [7, 11) is 0. The van der Waals surface area contributed by atoms with Crippen molar-refractivity contribution in [3.63, 3.8) is 0 Å². The first-order valence-electron chi connectivity index (χ1n) is 5.60. The van der Waals surface area contributed by atoms with Gasteiger partial charge in [0.2, 0.25) is 11.8 Å². The smallest absolute Gasteiger partial charge is 0.222 e. The Kier molecular flexibility index (Phi) is 7.68. The van der Waals surface area contributed by atoms with Crippen LogP contribution in [0.15, 0.2) is 0 Å². The van der Waals surface area contributed by atoms with Crippen LogP contribution >= 0.6 is 0 Å². The van der Waals surface area contributed by atoms with Crippen molar-refractivity contribution >= 4 is 11.8 Å². The lowest BCUT2D eigenvalue weighted by Gasteiger charge is -2.10. The molecule has 4 nitrogen and oxygen atoms in total. The van der Waals surface area contributed by atoms with Gasteiger partial charge < -0.3 is 10.6 Å². The topological polar surface area (TPSA) is 58.2 Å². The fraction of sp³-hybridized carbons (Fsp3) is 0.818. The Hall–Kier alpha value is -1.06. The predicted molar refractivity (Wildman–Crippen MR) is 60.4 cm³/mol. The van der Waals surface area contributed by atoms with E-state index in [0.29, 0.717) is 13.1 Å². The molecule has 0 aromatic carbocycles. The van der Waals surface area contributed by atoms with Crippen LogP contribution < -0.4 is 10.6 Å². The molecule has 0 aliphatic heterocycles. The highest BCUT2D eigenvalue weighted by Crippen LogP contribution is 2.03. The second-order valence-electron chi connectivity index (χ2n) is 3.82. The van der Waals surface area contributed by atoms with E-state index in [9.17, 15) is 9.59 Å². The van der Waals surface area contributed by atoms with Gasteiger partial charge >= 0.3 is 0 Å². The standard InChI is InChI=1S/C11H22N2O2/c1-4-6-9(2)11(15)13-8-5-7-12-10(3)14/h9H,4-8H2,1-3H3,(H,12,14)(H,13,15). The monoisotopic (exact) mass is 214 g/mol. The van der Waals surface area contributed by atoms with E-state index in [2.05, 4.69) is 17.6 Å². The average molecular weight is 214 g/mol. The average Bonchev–Trinajstić information content (AvgIpc) is 2.16. The number of hydrogen-bond donors (Lipinski definition) is 2. The minimum atomic E-state index is -0.0272. The Bertz CT molecular complexity index is 205. The Balaban J connectivity index is 3.42. The van der Waals surface area contributed by atoms with Gasteiger partial charge in [-0.1, -0.05) is 20.3 Å². The normalized spacial score (nSPS) is 11.9. The highest BCUT2D eigenvalue weighted by atomic mass is 16.2. The Morgan fingerprint density at radius 2 is 1.80 bits per heavy atom. The molecule has 2 N–H and O–H groups in total. The number of hydrogen-bond acceptors (Lipinski definition) is 2. The lowest BCUT2D eigenvalue weighted by molar-refractivity contribution is -0.124. The minimum Gasteiger partial charge on any atom is -0.356 e. The highest BCUT2D eigenvalue weighted by Gasteiger charge is 2.09. The van der Waals surface area contributed by atoms with Crippen LogP contribution in [0, 0.1) is 5.92 Å². The summed E-state index contributed by atoms with van der Waals surface area (Å²) in [6.45, 7) is 6.75. The summed E-state index contributed by atoms with van der Waals surface area (Å²) >= 11 is 0. The van der Waals surface area contributed by atoms with E-state index in [1.807, 2.05) is 6.92 Å². The zero-order chi connectivity index (χ0) is 11.7. The maximum absolute atomic E-state index is 11.4. The van der Waals surface area contributed by atoms with E-state index >= 15 is 0 Å². The van der Waals surface area contributed by atoms with Gasteiger partial charge in [0, 0.05) is 25.9 Å². The van der Waals surface area contributed by atoms with Gasteiger partial charge in [0.1, 0.15) is 0 Å². The molecule has 1 atom stereocenters. The quantitative estimate of drug-likeness (QED) is 0.623. The van der Waals surface area contributed by atoms with Crippen LogP contribution in [-0.2, 0) is 9.59 Å². The molecule has 2 amide bonds. The number of carbonyl (C=O) groups is 2. The van der Waals surface area contributed by atoms with Crippen molar-refractivity contribution in [3.05, 3.63) is 0 Å². The molecule has 0 saturated heterocycles. The molecule has 0 bridgehead atoms.